The van der Waals surface area contributed by atoms with Crippen LogP contribution in [0.25, 0.3) is 0 Å². The monoisotopic (exact) mass is 309 g/mol. The number of hydrogen-bond donors (Lipinski definition) is 1. The summed E-state index contributed by atoms with van der Waals surface area (Å²) in [4.78, 5) is 0. The molecule has 2 rings (SSSR count). The van der Waals surface area contributed by atoms with E-state index in [1.165, 1.54) is 24.8 Å². The molecule has 1 nitrogen and oxygen atoms in total. The summed E-state index contributed by atoms with van der Waals surface area (Å²) in [6.45, 7) is 8.09. The van der Waals surface area contributed by atoms with Gasteiger partial charge >= 0.3 is 0 Å². The third-order valence-electron chi connectivity index (χ3n) is 4.40. The molecule has 0 amide bonds. The van der Waals surface area contributed by atoms with Crippen molar-refractivity contribution in [3.05, 3.63) is 34.3 Å². The van der Waals surface area contributed by atoms with Gasteiger partial charge in [0, 0.05) is 10.5 Å². The highest BCUT2D eigenvalue weighted by atomic mass is 79.9. The molecule has 1 aliphatic carbocycles. The van der Waals surface area contributed by atoms with Crippen molar-refractivity contribution < 1.29 is 0 Å². The second-order valence-corrected chi connectivity index (χ2v) is 6.99. The van der Waals surface area contributed by atoms with Crippen LogP contribution in [0.4, 0.5) is 0 Å². The van der Waals surface area contributed by atoms with Gasteiger partial charge in [0.05, 0.1) is 0 Å². The number of nitrogens with one attached hydrogen (secondary N) is 1. The minimum absolute atomic E-state index is 0.458. The number of hydrogen-bond acceptors (Lipinski definition) is 1. The molecule has 1 aromatic rings. The summed E-state index contributed by atoms with van der Waals surface area (Å²) in [6.07, 6.45) is 4.08. The van der Waals surface area contributed by atoms with Gasteiger partial charge in [-0.2, -0.15) is 0 Å². The van der Waals surface area contributed by atoms with Crippen LogP contribution in [0, 0.1) is 11.3 Å². The maximum absolute atomic E-state index is 3.70. The van der Waals surface area contributed by atoms with E-state index >= 15 is 0 Å². The lowest BCUT2D eigenvalue weighted by atomic mass is 9.75. The Balaban J connectivity index is 2.25. The third kappa shape index (κ3) is 2.97. The standard InChI is InChI=1S/C16H24BrN/c1-4-18-15(12-7-9-13(17)10-8-12)14-6-5-11-16(14,2)3/h7-10,14-15,18H,4-6,11H2,1-3H3. The first-order valence-corrected chi connectivity index (χ1v) is 7.83. The summed E-state index contributed by atoms with van der Waals surface area (Å²) in [5.41, 5.74) is 1.89. The smallest absolute Gasteiger partial charge is 0.0353 e. The SMILES string of the molecule is CCNC(c1ccc(Br)cc1)C1CCCC1(C)C. The maximum atomic E-state index is 3.70. The van der Waals surface area contributed by atoms with Gasteiger partial charge in [-0.15, -0.1) is 0 Å². The Morgan fingerprint density at radius 2 is 2.00 bits per heavy atom. The largest absolute Gasteiger partial charge is 0.310 e. The molecular formula is C16H24BrN. The molecule has 0 bridgehead atoms. The Kier molecular flexibility index (Phi) is 4.50. The molecule has 1 fully saturated rings. The van der Waals surface area contributed by atoms with E-state index in [0.717, 1.165) is 16.9 Å². The molecule has 18 heavy (non-hydrogen) atoms. The molecule has 0 saturated heterocycles. The van der Waals surface area contributed by atoms with Gasteiger partial charge in [-0.25, -0.2) is 0 Å². The van der Waals surface area contributed by atoms with Gasteiger partial charge in [0.1, 0.15) is 0 Å². The van der Waals surface area contributed by atoms with Crippen LogP contribution in [-0.2, 0) is 0 Å². The highest BCUT2D eigenvalue weighted by Gasteiger charge is 2.39. The minimum atomic E-state index is 0.458. The van der Waals surface area contributed by atoms with E-state index in [2.05, 4.69) is 66.3 Å². The molecule has 2 unspecified atom stereocenters. The fourth-order valence-electron chi connectivity index (χ4n) is 3.35. The fraction of sp³-hybridized carbons (Fsp3) is 0.625. The molecule has 0 aliphatic heterocycles. The van der Waals surface area contributed by atoms with Crippen LogP contribution < -0.4 is 5.32 Å². The number of benzene rings is 1. The zero-order valence-corrected chi connectivity index (χ0v) is 13.3. The van der Waals surface area contributed by atoms with Crippen LogP contribution in [0.1, 0.15) is 51.6 Å². The summed E-state index contributed by atoms with van der Waals surface area (Å²) < 4.78 is 1.16. The van der Waals surface area contributed by atoms with E-state index in [-0.39, 0.29) is 0 Å². The first kappa shape index (κ1) is 14.1. The van der Waals surface area contributed by atoms with Crippen LogP contribution in [0.2, 0.25) is 0 Å². The summed E-state index contributed by atoms with van der Waals surface area (Å²) in [7, 11) is 0. The first-order valence-electron chi connectivity index (χ1n) is 7.03. The first-order chi connectivity index (χ1) is 8.54. The van der Waals surface area contributed by atoms with Crippen molar-refractivity contribution in [2.75, 3.05) is 6.54 Å². The van der Waals surface area contributed by atoms with E-state index in [0.29, 0.717) is 11.5 Å². The normalized spacial score (nSPS) is 24.1. The Hall–Kier alpha value is -0.340. The van der Waals surface area contributed by atoms with Crippen molar-refractivity contribution in [3.63, 3.8) is 0 Å². The second kappa shape index (κ2) is 5.75. The zero-order valence-electron chi connectivity index (χ0n) is 11.7. The lowest BCUT2D eigenvalue weighted by molar-refractivity contribution is 0.199. The number of halogens is 1. The highest BCUT2D eigenvalue weighted by molar-refractivity contribution is 9.10. The molecule has 0 heterocycles. The molecule has 100 valence electrons. The second-order valence-electron chi connectivity index (χ2n) is 6.07. The van der Waals surface area contributed by atoms with Crippen LogP contribution in [0.3, 0.4) is 0 Å². The molecule has 0 radical (unpaired) electrons. The predicted octanol–water partition coefficient (Wildman–Crippen LogP) is 4.93. The average molecular weight is 310 g/mol. The van der Waals surface area contributed by atoms with Crippen molar-refractivity contribution >= 4 is 15.9 Å². The number of rotatable bonds is 4. The lowest BCUT2D eigenvalue weighted by Crippen LogP contribution is -2.33. The van der Waals surface area contributed by atoms with E-state index < -0.39 is 0 Å². The molecule has 1 aliphatic rings. The predicted molar refractivity (Wildman–Crippen MR) is 81.7 cm³/mol. The van der Waals surface area contributed by atoms with E-state index in [1.54, 1.807) is 0 Å². The van der Waals surface area contributed by atoms with Gasteiger partial charge in [-0.3, -0.25) is 0 Å². The average Bonchev–Trinajstić information content (AvgIpc) is 2.67. The van der Waals surface area contributed by atoms with Crippen molar-refractivity contribution in [2.24, 2.45) is 11.3 Å². The van der Waals surface area contributed by atoms with Gasteiger partial charge in [0.2, 0.25) is 0 Å². The van der Waals surface area contributed by atoms with E-state index in [9.17, 15) is 0 Å². The maximum Gasteiger partial charge on any atom is 0.0353 e. The van der Waals surface area contributed by atoms with Crippen LogP contribution in [0.15, 0.2) is 28.7 Å². The molecule has 1 N–H and O–H groups in total. The summed E-state index contributed by atoms with van der Waals surface area (Å²) in [5, 5.41) is 3.70. The van der Waals surface area contributed by atoms with Crippen molar-refractivity contribution in [1.82, 2.24) is 5.32 Å². The van der Waals surface area contributed by atoms with Crippen LogP contribution in [-0.4, -0.2) is 6.54 Å². The molecule has 0 spiro atoms. The van der Waals surface area contributed by atoms with Gasteiger partial charge < -0.3 is 5.32 Å². The van der Waals surface area contributed by atoms with E-state index in [4.69, 9.17) is 0 Å². The zero-order chi connectivity index (χ0) is 13.2. The molecule has 2 heteroatoms. The Labute approximate surface area is 119 Å². The van der Waals surface area contributed by atoms with Gasteiger partial charge in [-0.05, 0) is 48.4 Å². The van der Waals surface area contributed by atoms with Crippen molar-refractivity contribution in [3.8, 4) is 0 Å². The molecule has 0 aromatic heterocycles. The quantitative estimate of drug-likeness (QED) is 0.832. The van der Waals surface area contributed by atoms with Gasteiger partial charge in [-0.1, -0.05) is 55.3 Å². The molecule has 1 aromatic carbocycles. The molecule has 2 atom stereocenters. The molecular weight excluding hydrogens is 286 g/mol. The summed E-state index contributed by atoms with van der Waals surface area (Å²) >= 11 is 3.52. The Morgan fingerprint density at radius 1 is 1.33 bits per heavy atom. The lowest BCUT2D eigenvalue weighted by Gasteiger charge is -2.35. The summed E-state index contributed by atoms with van der Waals surface area (Å²) in [5.74, 6) is 0.749. The van der Waals surface area contributed by atoms with Gasteiger partial charge in [0.15, 0.2) is 0 Å². The van der Waals surface area contributed by atoms with Crippen LogP contribution >= 0.6 is 15.9 Å². The molecule has 1 saturated carbocycles. The fourth-order valence-corrected chi connectivity index (χ4v) is 3.62. The van der Waals surface area contributed by atoms with Crippen molar-refractivity contribution in [1.29, 1.82) is 0 Å². The Morgan fingerprint density at radius 3 is 2.50 bits per heavy atom. The minimum Gasteiger partial charge on any atom is -0.310 e. The topological polar surface area (TPSA) is 12.0 Å². The third-order valence-corrected chi connectivity index (χ3v) is 4.92. The van der Waals surface area contributed by atoms with E-state index in [1.807, 2.05) is 0 Å². The summed E-state index contributed by atoms with van der Waals surface area (Å²) in [6, 6.07) is 9.32. The highest BCUT2D eigenvalue weighted by Crippen LogP contribution is 2.48. The van der Waals surface area contributed by atoms with Crippen LogP contribution in [0.5, 0.6) is 0 Å². The van der Waals surface area contributed by atoms with Gasteiger partial charge in [0.25, 0.3) is 0 Å². The Bertz CT molecular complexity index is 383. The van der Waals surface area contributed by atoms with Crippen molar-refractivity contribution in [2.45, 2.75) is 46.1 Å².